The average molecular weight is 585 g/mol. The number of carbonyl (C=O) groups excluding carboxylic acids is 2. The SMILES string of the molecule is CC(C(=O)Nc1cc(N(C(=O)C(F)(F)F)c2nnc(-c3ccccc3)s2)ccc1OC(F)F)N1CCN(C)CC1. The molecule has 15 heteroatoms. The van der Waals surface area contributed by atoms with Gasteiger partial charge >= 0.3 is 18.7 Å². The summed E-state index contributed by atoms with van der Waals surface area (Å²) in [7, 11) is 1.94. The van der Waals surface area contributed by atoms with E-state index in [4.69, 9.17) is 0 Å². The summed E-state index contributed by atoms with van der Waals surface area (Å²) in [6.07, 6.45) is -5.31. The van der Waals surface area contributed by atoms with E-state index in [2.05, 4.69) is 25.2 Å². The molecule has 0 bridgehead atoms. The van der Waals surface area contributed by atoms with E-state index in [0.717, 1.165) is 29.5 Å². The molecule has 4 rings (SSSR count). The fourth-order valence-corrected chi connectivity index (χ4v) is 4.88. The lowest BCUT2D eigenvalue weighted by atomic mass is 10.2. The molecule has 0 spiro atoms. The third-order valence-electron chi connectivity index (χ3n) is 6.23. The van der Waals surface area contributed by atoms with E-state index in [1.807, 2.05) is 11.9 Å². The lowest BCUT2D eigenvalue weighted by Gasteiger charge is -2.35. The molecule has 1 aliphatic heterocycles. The first-order valence-corrected chi connectivity index (χ1v) is 12.9. The van der Waals surface area contributed by atoms with Gasteiger partial charge in [-0.05, 0) is 32.2 Å². The van der Waals surface area contributed by atoms with Crippen molar-refractivity contribution in [1.82, 2.24) is 20.0 Å². The van der Waals surface area contributed by atoms with E-state index < -0.39 is 41.5 Å². The molecule has 214 valence electrons. The largest absolute Gasteiger partial charge is 0.472 e. The lowest BCUT2D eigenvalue weighted by Crippen LogP contribution is -2.51. The number of hydrogen-bond acceptors (Lipinski definition) is 8. The maximum Gasteiger partial charge on any atom is 0.472 e. The second-order valence-corrected chi connectivity index (χ2v) is 9.91. The van der Waals surface area contributed by atoms with Crippen LogP contribution in [0.4, 0.5) is 38.5 Å². The second-order valence-electron chi connectivity index (χ2n) is 8.96. The topological polar surface area (TPSA) is 90.9 Å². The zero-order chi connectivity index (χ0) is 29.0. The zero-order valence-electron chi connectivity index (χ0n) is 21.4. The van der Waals surface area contributed by atoms with Crippen LogP contribution in [-0.4, -0.2) is 83.9 Å². The molecule has 0 radical (unpaired) electrons. The molecule has 2 aromatic carbocycles. The van der Waals surface area contributed by atoms with E-state index in [1.165, 1.54) is 0 Å². The molecule has 40 heavy (non-hydrogen) atoms. The van der Waals surface area contributed by atoms with Gasteiger partial charge in [0.15, 0.2) is 0 Å². The molecule has 1 aliphatic rings. The van der Waals surface area contributed by atoms with Gasteiger partial charge in [0, 0.05) is 31.7 Å². The molecule has 3 aromatic rings. The number of rotatable bonds is 8. The van der Waals surface area contributed by atoms with Crippen LogP contribution in [0.25, 0.3) is 10.6 Å². The van der Waals surface area contributed by atoms with Crippen molar-refractivity contribution in [3.05, 3.63) is 48.5 Å². The number of halogens is 5. The van der Waals surface area contributed by atoms with Crippen LogP contribution in [0.1, 0.15) is 6.92 Å². The Balaban J connectivity index is 1.70. The summed E-state index contributed by atoms with van der Waals surface area (Å²) in [5, 5.41) is 10.0. The van der Waals surface area contributed by atoms with E-state index in [9.17, 15) is 31.5 Å². The number of piperazine rings is 1. The number of nitrogens with zero attached hydrogens (tertiary/aromatic N) is 5. The van der Waals surface area contributed by atoms with Crippen molar-refractivity contribution in [3.63, 3.8) is 0 Å². The van der Waals surface area contributed by atoms with Crippen LogP contribution in [0.2, 0.25) is 0 Å². The highest BCUT2D eigenvalue weighted by molar-refractivity contribution is 7.18. The first kappa shape index (κ1) is 29.3. The van der Waals surface area contributed by atoms with Gasteiger partial charge in [-0.15, -0.1) is 10.2 Å². The van der Waals surface area contributed by atoms with Gasteiger partial charge in [-0.1, -0.05) is 41.7 Å². The Morgan fingerprint density at radius 3 is 2.35 bits per heavy atom. The molecule has 1 atom stereocenters. The van der Waals surface area contributed by atoms with Crippen molar-refractivity contribution in [1.29, 1.82) is 0 Å². The molecule has 1 saturated heterocycles. The van der Waals surface area contributed by atoms with Gasteiger partial charge in [0.05, 0.1) is 17.4 Å². The number of ether oxygens (including phenoxy) is 1. The fourth-order valence-electron chi connectivity index (χ4n) is 4.01. The molecule has 1 unspecified atom stereocenters. The molecular formula is C25H25F5N6O3S. The van der Waals surface area contributed by atoms with Crippen molar-refractivity contribution < 1.29 is 36.3 Å². The van der Waals surface area contributed by atoms with Crippen LogP contribution < -0.4 is 15.0 Å². The minimum atomic E-state index is -5.31. The number of anilines is 3. The first-order chi connectivity index (χ1) is 18.9. The van der Waals surface area contributed by atoms with Crippen LogP contribution >= 0.6 is 11.3 Å². The Hall–Kier alpha value is -3.69. The molecule has 1 fully saturated rings. The Morgan fingerprint density at radius 1 is 1.05 bits per heavy atom. The highest BCUT2D eigenvalue weighted by Crippen LogP contribution is 2.39. The maximum absolute atomic E-state index is 13.7. The highest BCUT2D eigenvalue weighted by Gasteiger charge is 2.45. The molecular weight excluding hydrogens is 559 g/mol. The number of benzene rings is 2. The van der Waals surface area contributed by atoms with Gasteiger partial charge in [-0.25, -0.2) is 4.90 Å². The summed E-state index contributed by atoms with van der Waals surface area (Å²) in [4.78, 5) is 29.8. The second kappa shape index (κ2) is 12.2. The normalized spacial score (nSPS) is 15.6. The van der Waals surface area contributed by atoms with Gasteiger partial charge in [-0.3, -0.25) is 14.5 Å². The fraction of sp³-hybridized carbons (Fsp3) is 0.360. The van der Waals surface area contributed by atoms with Crippen LogP contribution in [0.5, 0.6) is 5.75 Å². The van der Waals surface area contributed by atoms with Gasteiger partial charge < -0.3 is 15.0 Å². The Kier molecular flexibility index (Phi) is 8.95. The maximum atomic E-state index is 13.7. The summed E-state index contributed by atoms with van der Waals surface area (Å²) >= 11 is 0.725. The summed E-state index contributed by atoms with van der Waals surface area (Å²) in [6.45, 7) is 0.952. The number of likely N-dealkylation sites (N-methyl/N-ethyl adjacent to an activating group) is 1. The molecule has 2 heterocycles. The number of carbonyl (C=O) groups is 2. The summed E-state index contributed by atoms with van der Waals surface area (Å²) < 4.78 is 71.7. The smallest absolute Gasteiger partial charge is 0.433 e. The molecule has 0 saturated carbocycles. The Labute approximate surface area is 230 Å². The van der Waals surface area contributed by atoms with Crippen molar-refractivity contribution in [2.24, 2.45) is 0 Å². The number of hydrogen-bond donors (Lipinski definition) is 1. The number of alkyl halides is 5. The van der Waals surface area contributed by atoms with Gasteiger partial charge in [0.1, 0.15) is 10.8 Å². The molecule has 9 nitrogen and oxygen atoms in total. The van der Waals surface area contributed by atoms with E-state index in [-0.39, 0.29) is 21.3 Å². The van der Waals surface area contributed by atoms with E-state index in [1.54, 1.807) is 37.3 Å². The standard InChI is InChI=1S/C25H25F5N6O3S/c1-15(35-12-10-34(2)11-13-35)20(37)31-18-14-17(8-9-19(18)39-23(26)27)36(22(38)25(28,29)30)24-33-32-21(40-24)16-6-4-3-5-7-16/h3-9,14-15,23H,10-13H2,1-2H3,(H,31,37). The van der Waals surface area contributed by atoms with Gasteiger partial charge in [-0.2, -0.15) is 22.0 Å². The summed E-state index contributed by atoms with van der Waals surface area (Å²) in [5.74, 6) is -3.36. The van der Waals surface area contributed by atoms with Crippen LogP contribution in [0, 0.1) is 0 Å². The average Bonchev–Trinajstić information content (AvgIpc) is 3.39. The number of amides is 2. The highest BCUT2D eigenvalue weighted by atomic mass is 32.1. The quantitative estimate of drug-likeness (QED) is 0.387. The van der Waals surface area contributed by atoms with Gasteiger partial charge in [0.2, 0.25) is 11.0 Å². The van der Waals surface area contributed by atoms with Crippen molar-refractivity contribution in [3.8, 4) is 16.3 Å². The first-order valence-electron chi connectivity index (χ1n) is 12.1. The van der Waals surface area contributed by atoms with Crippen LogP contribution in [-0.2, 0) is 9.59 Å². The van der Waals surface area contributed by atoms with Crippen molar-refractivity contribution >= 4 is 39.7 Å². The van der Waals surface area contributed by atoms with Crippen molar-refractivity contribution in [2.45, 2.75) is 25.8 Å². The molecule has 2 amide bonds. The molecule has 1 N–H and O–H groups in total. The minimum Gasteiger partial charge on any atom is -0.433 e. The number of nitrogens with one attached hydrogen (secondary N) is 1. The minimum absolute atomic E-state index is 0.253. The summed E-state index contributed by atoms with van der Waals surface area (Å²) in [5.41, 5.74) is -0.156. The Bertz CT molecular complexity index is 1330. The monoisotopic (exact) mass is 584 g/mol. The van der Waals surface area contributed by atoms with E-state index in [0.29, 0.717) is 31.7 Å². The molecule has 1 aromatic heterocycles. The lowest BCUT2D eigenvalue weighted by molar-refractivity contribution is -0.169. The Morgan fingerprint density at radius 2 is 1.73 bits per heavy atom. The van der Waals surface area contributed by atoms with Crippen molar-refractivity contribution in [2.75, 3.05) is 43.4 Å². The van der Waals surface area contributed by atoms with Crippen LogP contribution in [0.15, 0.2) is 48.5 Å². The predicted molar refractivity (Wildman–Crippen MR) is 139 cm³/mol. The van der Waals surface area contributed by atoms with Gasteiger partial charge in [0.25, 0.3) is 0 Å². The van der Waals surface area contributed by atoms with Crippen LogP contribution in [0.3, 0.4) is 0 Å². The zero-order valence-corrected chi connectivity index (χ0v) is 22.2. The third-order valence-corrected chi connectivity index (χ3v) is 7.19. The predicted octanol–water partition coefficient (Wildman–Crippen LogP) is 4.61. The molecule has 0 aliphatic carbocycles. The van der Waals surface area contributed by atoms with E-state index >= 15 is 0 Å². The summed E-state index contributed by atoms with van der Waals surface area (Å²) in [6, 6.07) is 10.7. The third kappa shape index (κ3) is 6.89. The number of aromatic nitrogens is 2.